The van der Waals surface area contributed by atoms with Crippen LogP contribution in [0, 0.1) is 5.82 Å². The van der Waals surface area contributed by atoms with Gasteiger partial charge >= 0.3 is 0 Å². The van der Waals surface area contributed by atoms with Crippen molar-refractivity contribution in [3.8, 4) is 0 Å². The van der Waals surface area contributed by atoms with Gasteiger partial charge in [-0.25, -0.2) is 14.4 Å². The number of fused-ring (bicyclic) bond motifs is 1. The first-order valence-corrected chi connectivity index (χ1v) is 10.9. The number of anilines is 1. The number of benzene rings is 1. The molecular formula is C21H25BrFN5O2. The van der Waals surface area contributed by atoms with E-state index >= 15 is 0 Å². The molecule has 2 aliphatic rings. The Morgan fingerprint density at radius 3 is 2.73 bits per heavy atom. The fourth-order valence-electron chi connectivity index (χ4n) is 4.46. The summed E-state index contributed by atoms with van der Waals surface area (Å²) in [5.74, 6) is -0.271. The molecule has 0 bridgehead atoms. The maximum Gasteiger partial charge on any atom is 0.231 e. The zero-order valence-electron chi connectivity index (χ0n) is 16.8. The zero-order chi connectivity index (χ0) is 21.4. The number of aromatic nitrogens is 2. The number of carbonyl (C=O) groups is 1. The quantitative estimate of drug-likeness (QED) is 0.701. The number of hydrogen-bond donors (Lipinski definition) is 2. The third-order valence-electron chi connectivity index (χ3n) is 6.04. The van der Waals surface area contributed by atoms with Crippen LogP contribution in [0.3, 0.4) is 0 Å². The third kappa shape index (κ3) is 3.81. The highest BCUT2D eigenvalue weighted by atomic mass is 79.9. The summed E-state index contributed by atoms with van der Waals surface area (Å²) in [7, 11) is 0. The molecule has 2 heterocycles. The van der Waals surface area contributed by atoms with Gasteiger partial charge in [0, 0.05) is 48.3 Å². The first-order chi connectivity index (χ1) is 14.4. The summed E-state index contributed by atoms with van der Waals surface area (Å²) in [6.45, 7) is 4.34. The predicted octanol–water partition coefficient (Wildman–Crippen LogP) is 2.31. The van der Waals surface area contributed by atoms with Crippen LogP contribution < -0.4 is 10.6 Å². The highest BCUT2D eigenvalue weighted by molar-refractivity contribution is 9.10. The minimum Gasteiger partial charge on any atom is -0.387 e. The smallest absolute Gasteiger partial charge is 0.231 e. The standard InChI is InChI=1S/C21H25BrFN5O2/c1-12-8-17(29)19-18(12)20(26-11-25-19)27-4-6-28(7-5-27)21(30)15(10-24)14-3-2-13(22)9-16(14)23/h2-3,9,11-12,15,17,29H,4-8,10,24H2,1H3/t12-,15-,17-/m1/s1. The van der Waals surface area contributed by atoms with E-state index in [1.54, 1.807) is 17.0 Å². The highest BCUT2D eigenvalue weighted by Crippen LogP contribution is 2.42. The molecule has 30 heavy (non-hydrogen) atoms. The van der Waals surface area contributed by atoms with Gasteiger partial charge in [0.05, 0.1) is 17.7 Å². The molecule has 1 aliphatic carbocycles. The molecular weight excluding hydrogens is 453 g/mol. The van der Waals surface area contributed by atoms with E-state index in [9.17, 15) is 14.3 Å². The van der Waals surface area contributed by atoms with Gasteiger partial charge in [-0.3, -0.25) is 4.79 Å². The lowest BCUT2D eigenvalue weighted by atomic mass is 9.96. The van der Waals surface area contributed by atoms with Crippen molar-refractivity contribution in [2.24, 2.45) is 5.73 Å². The van der Waals surface area contributed by atoms with Crippen molar-refractivity contribution >= 4 is 27.7 Å². The largest absolute Gasteiger partial charge is 0.387 e. The number of aliphatic hydroxyl groups is 1. The SMILES string of the molecule is C[C@@H]1C[C@@H](O)c2ncnc(N3CCN(C(=O)[C@H](CN)c4ccc(Br)cc4F)CC3)c21. The normalized spacial score (nSPS) is 22.2. The number of aliphatic hydroxyl groups excluding tert-OH is 1. The molecule has 3 N–H and O–H groups in total. The van der Waals surface area contributed by atoms with Crippen LogP contribution in [0.4, 0.5) is 10.2 Å². The van der Waals surface area contributed by atoms with Crippen LogP contribution in [0.25, 0.3) is 0 Å². The minimum atomic E-state index is -0.705. The van der Waals surface area contributed by atoms with Crippen molar-refractivity contribution < 1.29 is 14.3 Å². The number of hydrogen-bond acceptors (Lipinski definition) is 6. The topological polar surface area (TPSA) is 95.6 Å². The van der Waals surface area contributed by atoms with Gasteiger partial charge in [0.1, 0.15) is 18.0 Å². The van der Waals surface area contributed by atoms with E-state index in [1.807, 2.05) is 0 Å². The van der Waals surface area contributed by atoms with Gasteiger partial charge in [0.2, 0.25) is 5.91 Å². The maximum atomic E-state index is 14.4. The monoisotopic (exact) mass is 477 g/mol. The van der Waals surface area contributed by atoms with Gasteiger partial charge in [-0.2, -0.15) is 0 Å². The maximum absolute atomic E-state index is 14.4. The van der Waals surface area contributed by atoms with Gasteiger partial charge in [-0.15, -0.1) is 0 Å². The number of halogens is 2. The molecule has 9 heteroatoms. The fourth-order valence-corrected chi connectivity index (χ4v) is 4.79. The summed E-state index contributed by atoms with van der Waals surface area (Å²) in [6.07, 6.45) is 1.59. The first-order valence-electron chi connectivity index (χ1n) is 10.1. The van der Waals surface area contributed by atoms with Crippen LogP contribution in [0.2, 0.25) is 0 Å². The molecule has 0 radical (unpaired) electrons. The molecule has 3 atom stereocenters. The molecule has 1 aromatic carbocycles. The summed E-state index contributed by atoms with van der Waals surface area (Å²) in [5.41, 5.74) is 7.88. The Labute approximate surface area is 183 Å². The second kappa shape index (κ2) is 8.56. The summed E-state index contributed by atoms with van der Waals surface area (Å²) >= 11 is 3.24. The van der Waals surface area contributed by atoms with Crippen molar-refractivity contribution in [3.05, 3.63) is 51.6 Å². The van der Waals surface area contributed by atoms with E-state index in [2.05, 4.69) is 37.7 Å². The molecule has 1 amide bonds. The van der Waals surface area contributed by atoms with Crippen LogP contribution in [0.5, 0.6) is 0 Å². The number of rotatable bonds is 4. The second-order valence-electron chi connectivity index (χ2n) is 7.92. The Morgan fingerprint density at radius 2 is 2.07 bits per heavy atom. The molecule has 4 rings (SSSR count). The molecule has 0 spiro atoms. The van der Waals surface area contributed by atoms with Crippen LogP contribution >= 0.6 is 15.9 Å². The van der Waals surface area contributed by atoms with E-state index in [0.29, 0.717) is 48.3 Å². The van der Waals surface area contributed by atoms with Gasteiger partial charge in [0.15, 0.2) is 0 Å². The van der Waals surface area contributed by atoms with Gasteiger partial charge in [-0.1, -0.05) is 28.9 Å². The van der Waals surface area contributed by atoms with E-state index < -0.39 is 17.8 Å². The summed E-state index contributed by atoms with van der Waals surface area (Å²) in [5, 5.41) is 10.2. The molecule has 1 aromatic heterocycles. The molecule has 0 unspecified atom stereocenters. The highest BCUT2D eigenvalue weighted by Gasteiger charge is 2.35. The first kappa shape index (κ1) is 21.1. The molecule has 1 aliphatic heterocycles. The van der Waals surface area contributed by atoms with Gasteiger partial charge in [0.25, 0.3) is 0 Å². The molecule has 160 valence electrons. The zero-order valence-corrected chi connectivity index (χ0v) is 18.3. The van der Waals surface area contributed by atoms with Crippen LogP contribution in [-0.4, -0.2) is 58.6 Å². The van der Waals surface area contributed by atoms with E-state index in [4.69, 9.17) is 5.73 Å². The Bertz CT molecular complexity index is 951. The minimum absolute atomic E-state index is 0.0480. The van der Waals surface area contributed by atoms with E-state index in [-0.39, 0.29) is 18.4 Å². The Morgan fingerprint density at radius 1 is 1.33 bits per heavy atom. The van der Waals surface area contributed by atoms with E-state index in [0.717, 1.165) is 11.4 Å². The Balaban J connectivity index is 1.48. The third-order valence-corrected chi connectivity index (χ3v) is 6.53. The molecule has 1 saturated heterocycles. The number of nitrogens with two attached hydrogens (primary N) is 1. The lowest BCUT2D eigenvalue weighted by molar-refractivity contribution is -0.133. The average Bonchev–Trinajstić information content (AvgIpc) is 3.04. The predicted molar refractivity (Wildman–Crippen MR) is 115 cm³/mol. The molecule has 2 aromatic rings. The number of nitrogens with zero attached hydrogens (tertiary/aromatic N) is 4. The van der Waals surface area contributed by atoms with Crippen LogP contribution in [0.15, 0.2) is 29.0 Å². The summed E-state index contributed by atoms with van der Waals surface area (Å²) in [6, 6.07) is 4.69. The number of carbonyl (C=O) groups excluding carboxylic acids is 1. The summed E-state index contributed by atoms with van der Waals surface area (Å²) in [4.78, 5) is 25.7. The average molecular weight is 478 g/mol. The fraction of sp³-hybridized carbons (Fsp3) is 0.476. The second-order valence-corrected chi connectivity index (χ2v) is 8.83. The van der Waals surface area contributed by atoms with Gasteiger partial charge < -0.3 is 20.6 Å². The molecule has 1 fully saturated rings. The van der Waals surface area contributed by atoms with Crippen LogP contribution in [0.1, 0.15) is 48.1 Å². The number of amides is 1. The summed E-state index contributed by atoms with van der Waals surface area (Å²) < 4.78 is 15.0. The van der Waals surface area contributed by atoms with Crippen molar-refractivity contribution in [1.29, 1.82) is 0 Å². The van der Waals surface area contributed by atoms with Crippen molar-refractivity contribution in [2.45, 2.75) is 31.3 Å². The van der Waals surface area contributed by atoms with Crippen molar-refractivity contribution in [3.63, 3.8) is 0 Å². The lowest BCUT2D eigenvalue weighted by Gasteiger charge is -2.37. The lowest BCUT2D eigenvalue weighted by Crippen LogP contribution is -2.51. The van der Waals surface area contributed by atoms with E-state index in [1.165, 1.54) is 12.4 Å². The Kier molecular flexibility index (Phi) is 6.04. The van der Waals surface area contributed by atoms with Gasteiger partial charge in [-0.05, 0) is 24.5 Å². The molecule has 7 nitrogen and oxygen atoms in total. The van der Waals surface area contributed by atoms with Crippen molar-refractivity contribution in [2.75, 3.05) is 37.6 Å². The van der Waals surface area contributed by atoms with Crippen LogP contribution in [-0.2, 0) is 4.79 Å². The Hall–Kier alpha value is -2.10. The molecule has 0 saturated carbocycles. The number of piperazine rings is 1. The van der Waals surface area contributed by atoms with Crippen molar-refractivity contribution in [1.82, 2.24) is 14.9 Å².